The Morgan fingerprint density at radius 3 is 2.48 bits per heavy atom. The highest BCUT2D eigenvalue weighted by Crippen LogP contribution is 2.32. The smallest absolute Gasteiger partial charge is 0.0654 e. The zero-order chi connectivity index (χ0) is 18.6. The van der Waals surface area contributed by atoms with E-state index in [4.69, 9.17) is 23.2 Å². The third-order valence-electron chi connectivity index (χ3n) is 4.59. The van der Waals surface area contributed by atoms with Gasteiger partial charge in [0.2, 0.25) is 0 Å². The maximum Gasteiger partial charge on any atom is 0.0654 e. The van der Waals surface area contributed by atoms with Crippen LogP contribution in [0.25, 0.3) is 10.8 Å². The van der Waals surface area contributed by atoms with Crippen molar-refractivity contribution in [1.82, 2.24) is 4.98 Å². The summed E-state index contributed by atoms with van der Waals surface area (Å²) in [6, 6.07) is 24.5. The predicted molar refractivity (Wildman–Crippen MR) is 115 cm³/mol. The largest absolute Gasteiger partial charge is 0.362 e. The summed E-state index contributed by atoms with van der Waals surface area (Å²) in [5.41, 5.74) is 3.34. The van der Waals surface area contributed by atoms with Crippen LogP contribution in [0, 0.1) is 0 Å². The summed E-state index contributed by atoms with van der Waals surface area (Å²) in [6.07, 6.45) is 3.67. The van der Waals surface area contributed by atoms with E-state index in [-0.39, 0.29) is 0 Å². The molecule has 134 valence electrons. The number of anilines is 1. The van der Waals surface area contributed by atoms with Crippen molar-refractivity contribution in [2.75, 3.05) is 4.90 Å². The molecule has 0 atom stereocenters. The molecule has 0 unspecified atom stereocenters. The van der Waals surface area contributed by atoms with E-state index in [1.54, 1.807) is 12.3 Å². The van der Waals surface area contributed by atoms with Crippen molar-refractivity contribution in [3.8, 4) is 0 Å². The van der Waals surface area contributed by atoms with Crippen molar-refractivity contribution < 1.29 is 0 Å². The molecule has 0 aliphatic carbocycles. The molecule has 0 N–H and O–H groups in total. The van der Waals surface area contributed by atoms with Crippen LogP contribution in [-0.2, 0) is 13.1 Å². The standard InChI is InChI=1S/C23H18Cl2N2/c24-20-10-11-23(22(25)13-20)27(15-17-5-4-12-26-14-17)16-19-8-3-7-18-6-1-2-9-21(18)19/h1-14H,15-16H2. The monoisotopic (exact) mass is 392 g/mol. The van der Waals surface area contributed by atoms with Gasteiger partial charge in [-0.2, -0.15) is 0 Å². The van der Waals surface area contributed by atoms with Crippen molar-refractivity contribution in [3.63, 3.8) is 0 Å². The lowest BCUT2D eigenvalue weighted by molar-refractivity contribution is 0.801. The van der Waals surface area contributed by atoms with Gasteiger partial charge in [0, 0.05) is 30.5 Å². The van der Waals surface area contributed by atoms with E-state index in [1.165, 1.54) is 16.3 Å². The van der Waals surface area contributed by atoms with Gasteiger partial charge in [0.15, 0.2) is 0 Å². The first-order valence-electron chi connectivity index (χ1n) is 8.76. The van der Waals surface area contributed by atoms with Crippen molar-refractivity contribution in [2.45, 2.75) is 13.1 Å². The average Bonchev–Trinajstić information content (AvgIpc) is 2.69. The van der Waals surface area contributed by atoms with Gasteiger partial charge in [-0.1, -0.05) is 71.7 Å². The number of hydrogen-bond donors (Lipinski definition) is 0. The molecule has 0 radical (unpaired) electrons. The molecule has 4 rings (SSSR count). The number of nitrogens with zero attached hydrogens (tertiary/aromatic N) is 2. The fourth-order valence-corrected chi connectivity index (χ4v) is 3.84. The van der Waals surface area contributed by atoms with E-state index in [0.717, 1.165) is 17.8 Å². The Labute approximate surface area is 169 Å². The summed E-state index contributed by atoms with van der Waals surface area (Å²) in [5.74, 6) is 0. The van der Waals surface area contributed by atoms with Gasteiger partial charge >= 0.3 is 0 Å². The third kappa shape index (κ3) is 4.08. The lowest BCUT2D eigenvalue weighted by atomic mass is 10.0. The van der Waals surface area contributed by atoms with Crippen LogP contribution in [0.2, 0.25) is 10.0 Å². The van der Waals surface area contributed by atoms with Gasteiger partial charge < -0.3 is 4.90 Å². The molecule has 3 aromatic carbocycles. The van der Waals surface area contributed by atoms with E-state index >= 15 is 0 Å². The molecule has 0 saturated carbocycles. The van der Waals surface area contributed by atoms with Crippen LogP contribution in [-0.4, -0.2) is 4.98 Å². The summed E-state index contributed by atoms with van der Waals surface area (Å²) < 4.78 is 0. The van der Waals surface area contributed by atoms with Gasteiger partial charge in [0.05, 0.1) is 10.7 Å². The number of hydrogen-bond acceptors (Lipinski definition) is 2. The fraction of sp³-hybridized carbons (Fsp3) is 0.0870. The molecule has 0 saturated heterocycles. The summed E-state index contributed by atoms with van der Waals surface area (Å²) in [7, 11) is 0. The minimum Gasteiger partial charge on any atom is -0.362 e. The Morgan fingerprint density at radius 1 is 0.815 bits per heavy atom. The van der Waals surface area contributed by atoms with Crippen LogP contribution in [0.1, 0.15) is 11.1 Å². The normalized spacial score (nSPS) is 10.9. The van der Waals surface area contributed by atoms with Gasteiger partial charge in [-0.3, -0.25) is 4.98 Å². The van der Waals surface area contributed by atoms with Crippen LogP contribution in [0.15, 0.2) is 85.2 Å². The van der Waals surface area contributed by atoms with Crippen LogP contribution in [0.4, 0.5) is 5.69 Å². The lowest BCUT2D eigenvalue weighted by Crippen LogP contribution is -2.22. The number of aromatic nitrogens is 1. The Morgan fingerprint density at radius 2 is 1.67 bits per heavy atom. The van der Waals surface area contributed by atoms with Crippen LogP contribution >= 0.6 is 23.2 Å². The highest BCUT2D eigenvalue weighted by atomic mass is 35.5. The van der Waals surface area contributed by atoms with E-state index in [2.05, 4.69) is 58.4 Å². The quantitative estimate of drug-likeness (QED) is 0.373. The summed E-state index contributed by atoms with van der Waals surface area (Å²) in [5, 5.41) is 3.77. The molecule has 0 aliphatic heterocycles. The Bertz CT molecular complexity index is 1060. The summed E-state index contributed by atoms with van der Waals surface area (Å²) >= 11 is 12.6. The first-order valence-corrected chi connectivity index (χ1v) is 9.52. The number of fused-ring (bicyclic) bond motifs is 1. The van der Waals surface area contributed by atoms with Crippen LogP contribution in [0.5, 0.6) is 0 Å². The van der Waals surface area contributed by atoms with E-state index in [9.17, 15) is 0 Å². The van der Waals surface area contributed by atoms with Crippen molar-refractivity contribution >= 4 is 39.7 Å². The number of pyridine rings is 1. The minimum atomic E-state index is 0.634. The molecular formula is C23H18Cl2N2. The number of benzene rings is 3. The molecule has 0 spiro atoms. The highest BCUT2D eigenvalue weighted by Gasteiger charge is 2.14. The first-order chi connectivity index (χ1) is 13.2. The van der Waals surface area contributed by atoms with Gasteiger partial charge in [-0.15, -0.1) is 0 Å². The van der Waals surface area contributed by atoms with Crippen molar-refractivity contribution in [1.29, 1.82) is 0 Å². The van der Waals surface area contributed by atoms with E-state index in [0.29, 0.717) is 16.6 Å². The number of halogens is 2. The van der Waals surface area contributed by atoms with E-state index in [1.807, 2.05) is 24.4 Å². The second-order valence-electron chi connectivity index (χ2n) is 6.45. The van der Waals surface area contributed by atoms with Gasteiger partial charge in [-0.05, 0) is 46.2 Å². The van der Waals surface area contributed by atoms with E-state index < -0.39 is 0 Å². The summed E-state index contributed by atoms with van der Waals surface area (Å²) in [6.45, 7) is 1.44. The Hall–Kier alpha value is -2.55. The Kier molecular flexibility index (Phi) is 5.28. The zero-order valence-electron chi connectivity index (χ0n) is 14.6. The van der Waals surface area contributed by atoms with Crippen LogP contribution < -0.4 is 4.90 Å². The fourth-order valence-electron chi connectivity index (χ4n) is 3.31. The molecular weight excluding hydrogens is 375 g/mol. The average molecular weight is 393 g/mol. The molecule has 4 heteroatoms. The highest BCUT2D eigenvalue weighted by molar-refractivity contribution is 6.36. The molecule has 4 aromatic rings. The summed E-state index contributed by atoms with van der Waals surface area (Å²) in [4.78, 5) is 6.51. The minimum absolute atomic E-state index is 0.634. The van der Waals surface area contributed by atoms with Crippen molar-refractivity contribution in [3.05, 3.63) is 106 Å². The topological polar surface area (TPSA) is 16.1 Å². The molecule has 27 heavy (non-hydrogen) atoms. The molecule has 0 aliphatic rings. The molecule has 1 heterocycles. The first kappa shape index (κ1) is 17.8. The van der Waals surface area contributed by atoms with Gasteiger partial charge in [-0.25, -0.2) is 0 Å². The Balaban J connectivity index is 1.75. The molecule has 0 bridgehead atoms. The van der Waals surface area contributed by atoms with Gasteiger partial charge in [0.1, 0.15) is 0 Å². The molecule has 0 fully saturated rings. The second kappa shape index (κ2) is 7.99. The lowest BCUT2D eigenvalue weighted by Gasteiger charge is -2.27. The maximum absolute atomic E-state index is 6.53. The molecule has 1 aromatic heterocycles. The second-order valence-corrected chi connectivity index (χ2v) is 7.29. The van der Waals surface area contributed by atoms with Crippen molar-refractivity contribution in [2.24, 2.45) is 0 Å². The zero-order valence-corrected chi connectivity index (χ0v) is 16.2. The van der Waals surface area contributed by atoms with Gasteiger partial charge in [0.25, 0.3) is 0 Å². The maximum atomic E-state index is 6.53. The molecule has 2 nitrogen and oxygen atoms in total. The number of rotatable bonds is 5. The predicted octanol–water partition coefficient (Wildman–Crippen LogP) is 6.75. The third-order valence-corrected chi connectivity index (χ3v) is 5.13. The van der Waals surface area contributed by atoms with Crippen LogP contribution in [0.3, 0.4) is 0 Å². The SMILES string of the molecule is Clc1ccc(N(Cc2cccnc2)Cc2cccc3ccccc23)c(Cl)c1. The molecule has 0 amide bonds.